The third kappa shape index (κ3) is 1.65. The van der Waals surface area contributed by atoms with Crippen LogP contribution in [-0.2, 0) is 0 Å². The van der Waals surface area contributed by atoms with Crippen molar-refractivity contribution in [1.82, 2.24) is 9.97 Å². The average molecular weight is 189 g/mol. The van der Waals surface area contributed by atoms with E-state index in [-0.39, 0.29) is 6.04 Å². The second-order valence-electron chi connectivity index (χ2n) is 3.07. The van der Waals surface area contributed by atoms with Crippen LogP contribution in [0.1, 0.15) is 18.8 Å². The Morgan fingerprint density at radius 3 is 2.93 bits per heavy atom. The zero-order valence-electron chi connectivity index (χ0n) is 7.84. The van der Waals surface area contributed by atoms with Crippen LogP contribution in [0, 0.1) is 0 Å². The van der Waals surface area contributed by atoms with E-state index in [2.05, 4.69) is 9.97 Å². The highest BCUT2D eigenvalue weighted by molar-refractivity contribution is 5.50. The zero-order chi connectivity index (χ0) is 9.97. The third-order valence-electron chi connectivity index (χ3n) is 1.86. The van der Waals surface area contributed by atoms with Crippen LogP contribution in [0.15, 0.2) is 35.1 Å². The number of rotatable bonds is 2. The predicted octanol–water partition coefficient (Wildman–Crippen LogP) is 1.76. The molecule has 2 N–H and O–H groups in total. The summed E-state index contributed by atoms with van der Waals surface area (Å²) in [5.41, 5.74) is 6.44. The lowest BCUT2D eigenvalue weighted by atomic mass is 10.3. The predicted molar refractivity (Wildman–Crippen MR) is 52.3 cm³/mol. The minimum Gasteiger partial charge on any atom is -0.463 e. The molecule has 0 amide bonds. The molecule has 4 heteroatoms. The summed E-state index contributed by atoms with van der Waals surface area (Å²) < 4.78 is 5.22. The molecule has 4 nitrogen and oxygen atoms in total. The van der Waals surface area contributed by atoms with E-state index in [1.54, 1.807) is 18.5 Å². The van der Waals surface area contributed by atoms with Gasteiger partial charge >= 0.3 is 0 Å². The first-order valence-electron chi connectivity index (χ1n) is 4.40. The molecule has 2 aromatic heterocycles. The van der Waals surface area contributed by atoms with E-state index in [4.69, 9.17) is 10.2 Å². The largest absolute Gasteiger partial charge is 0.463 e. The van der Waals surface area contributed by atoms with Gasteiger partial charge in [-0.3, -0.25) is 0 Å². The van der Waals surface area contributed by atoms with Crippen LogP contribution in [0.25, 0.3) is 11.5 Å². The van der Waals surface area contributed by atoms with Gasteiger partial charge in [0.25, 0.3) is 0 Å². The first-order chi connectivity index (χ1) is 6.77. The van der Waals surface area contributed by atoms with Crippen molar-refractivity contribution in [2.75, 3.05) is 0 Å². The van der Waals surface area contributed by atoms with Crippen molar-refractivity contribution in [2.24, 2.45) is 5.73 Å². The van der Waals surface area contributed by atoms with Gasteiger partial charge in [0, 0.05) is 6.20 Å². The molecule has 2 aromatic rings. The lowest BCUT2D eigenvalue weighted by Gasteiger charge is -2.03. The molecule has 0 saturated heterocycles. The summed E-state index contributed by atoms with van der Waals surface area (Å²) in [6, 6.07) is 5.31. The lowest BCUT2D eigenvalue weighted by molar-refractivity contribution is 0.578. The molecule has 1 atom stereocenters. The van der Waals surface area contributed by atoms with Crippen LogP contribution in [-0.4, -0.2) is 9.97 Å². The van der Waals surface area contributed by atoms with Crippen LogP contribution >= 0.6 is 0 Å². The molecule has 0 aliphatic rings. The number of nitrogens with zero attached hydrogens (tertiary/aromatic N) is 2. The quantitative estimate of drug-likeness (QED) is 0.781. The van der Waals surface area contributed by atoms with Crippen LogP contribution < -0.4 is 5.73 Å². The normalized spacial score (nSPS) is 12.7. The van der Waals surface area contributed by atoms with Gasteiger partial charge in [-0.05, 0) is 25.1 Å². The fourth-order valence-corrected chi connectivity index (χ4v) is 1.15. The second-order valence-corrected chi connectivity index (χ2v) is 3.07. The van der Waals surface area contributed by atoms with Crippen molar-refractivity contribution in [3.05, 3.63) is 36.5 Å². The molecule has 72 valence electrons. The lowest BCUT2D eigenvalue weighted by Crippen LogP contribution is -2.09. The minimum absolute atomic E-state index is 0.162. The molecule has 0 aromatic carbocycles. The van der Waals surface area contributed by atoms with E-state index in [0.717, 1.165) is 11.5 Å². The maximum Gasteiger partial charge on any atom is 0.152 e. The van der Waals surface area contributed by atoms with E-state index in [1.807, 2.05) is 19.1 Å². The molecule has 1 unspecified atom stereocenters. The number of hydrogen-bond acceptors (Lipinski definition) is 4. The van der Waals surface area contributed by atoms with Gasteiger partial charge in [-0.1, -0.05) is 0 Å². The number of furan rings is 1. The van der Waals surface area contributed by atoms with Gasteiger partial charge in [-0.2, -0.15) is 0 Å². The van der Waals surface area contributed by atoms with Crippen molar-refractivity contribution in [3.8, 4) is 11.5 Å². The van der Waals surface area contributed by atoms with Crippen molar-refractivity contribution in [2.45, 2.75) is 13.0 Å². The number of aromatic nitrogens is 2. The third-order valence-corrected chi connectivity index (χ3v) is 1.86. The Bertz CT molecular complexity index is 409. The molecule has 2 rings (SSSR count). The van der Waals surface area contributed by atoms with Crippen molar-refractivity contribution < 1.29 is 4.42 Å². The topological polar surface area (TPSA) is 64.9 Å². The van der Waals surface area contributed by atoms with E-state index in [0.29, 0.717) is 5.82 Å². The summed E-state index contributed by atoms with van der Waals surface area (Å²) in [7, 11) is 0. The highest BCUT2D eigenvalue weighted by atomic mass is 16.3. The zero-order valence-corrected chi connectivity index (χ0v) is 7.84. The van der Waals surface area contributed by atoms with E-state index in [9.17, 15) is 0 Å². The Morgan fingerprint density at radius 2 is 2.29 bits per heavy atom. The molecule has 0 radical (unpaired) electrons. The molecule has 0 spiro atoms. The van der Waals surface area contributed by atoms with Gasteiger partial charge in [-0.15, -0.1) is 0 Å². The second kappa shape index (κ2) is 3.59. The van der Waals surface area contributed by atoms with E-state index >= 15 is 0 Å². The SMILES string of the molecule is CC(N)c1nccc(-c2ccco2)n1. The Morgan fingerprint density at radius 1 is 1.43 bits per heavy atom. The molecule has 0 aliphatic carbocycles. The number of nitrogens with two attached hydrogens (primary N) is 1. The van der Waals surface area contributed by atoms with Crippen LogP contribution in [0.2, 0.25) is 0 Å². The summed E-state index contributed by atoms with van der Waals surface area (Å²) in [5.74, 6) is 1.35. The van der Waals surface area contributed by atoms with Crippen LogP contribution in [0.4, 0.5) is 0 Å². The Kier molecular flexibility index (Phi) is 2.28. The van der Waals surface area contributed by atoms with Gasteiger partial charge in [0.15, 0.2) is 5.76 Å². The molecule has 0 bridgehead atoms. The van der Waals surface area contributed by atoms with Crippen molar-refractivity contribution in [3.63, 3.8) is 0 Å². The fourth-order valence-electron chi connectivity index (χ4n) is 1.15. The van der Waals surface area contributed by atoms with Crippen molar-refractivity contribution in [1.29, 1.82) is 0 Å². The standard InChI is InChI=1S/C10H11N3O/c1-7(11)10-12-5-4-8(13-10)9-3-2-6-14-9/h2-7H,11H2,1H3. The minimum atomic E-state index is -0.162. The molecular weight excluding hydrogens is 178 g/mol. The Labute approximate surface area is 81.8 Å². The molecule has 0 aliphatic heterocycles. The van der Waals surface area contributed by atoms with Crippen LogP contribution in [0.3, 0.4) is 0 Å². The molecule has 0 saturated carbocycles. The van der Waals surface area contributed by atoms with Gasteiger partial charge < -0.3 is 10.2 Å². The van der Waals surface area contributed by atoms with Gasteiger partial charge in [0.1, 0.15) is 11.5 Å². The first-order valence-corrected chi connectivity index (χ1v) is 4.40. The maximum atomic E-state index is 5.68. The summed E-state index contributed by atoms with van der Waals surface area (Å²) in [6.07, 6.45) is 3.30. The van der Waals surface area contributed by atoms with Gasteiger partial charge in [0.05, 0.1) is 12.3 Å². The van der Waals surface area contributed by atoms with Gasteiger partial charge in [0.2, 0.25) is 0 Å². The van der Waals surface area contributed by atoms with E-state index in [1.165, 1.54) is 0 Å². The Balaban J connectivity index is 2.41. The summed E-state index contributed by atoms with van der Waals surface area (Å²) in [5, 5.41) is 0. The first kappa shape index (κ1) is 8.90. The summed E-state index contributed by atoms with van der Waals surface area (Å²) in [4.78, 5) is 8.36. The smallest absolute Gasteiger partial charge is 0.152 e. The maximum absolute atomic E-state index is 5.68. The summed E-state index contributed by atoms with van der Waals surface area (Å²) >= 11 is 0. The molecule has 14 heavy (non-hydrogen) atoms. The molecule has 0 fully saturated rings. The van der Waals surface area contributed by atoms with Crippen LogP contribution in [0.5, 0.6) is 0 Å². The highest BCUT2D eigenvalue weighted by Gasteiger charge is 2.06. The molecule has 2 heterocycles. The fraction of sp³-hybridized carbons (Fsp3) is 0.200. The summed E-state index contributed by atoms with van der Waals surface area (Å²) in [6.45, 7) is 1.85. The van der Waals surface area contributed by atoms with Gasteiger partial charge in [-0.25, -0.2) is 9.97 Å². The Hall–Kier alpha value is -1.68. The monoisotopic (exact) mass is 189 g/mol. The number of hydrogen-bond donors (Lipinski definition) is 1. The average Bonchev–Trinajstić information content (AvgIpc) is 2.71. The van der Waals surface area contributed by atoms with Crippen molar-refractivity contribution >= 4 is 0 Å². The molecular formula is C10H11N3O. The van der Waals surface area contributed by atoms with E-state index < -0.39 is 0 Å². The highest BCUT2D eigenvalue weighted by Crippen LogP contribution is 2.17.